The fourth-order valence-corrected chi connectivity index (χ4v) is 7.90. The van der Waals surface area contributed by atoms with E-state index < -0.39 is 10.0 Å². The van der Waals surface area contributed by atoms with Crippen LogP contribution in [0.4, 0.5) is 0 Å². The lowest BCUT2D eigenvalue weighted by Gasteiger charge is -2.37. The molecule has 0 N–H and O–H groups in total. The summed E-state index contributed by atoms with van der Waals surface area (Å²) in [6.07, 6.45) is 2.04. The Hall–Kier alpha value is -2.23. The number of aryl methyl sites for hydroxylation is 1. The van der Waals surface area contributed by atoms with Gasteiger partial charge in [-0.1, -0.05) is 35.9 Å². The largest absolute Gasteiger partial charge is 0.341 e. The molecule has 196 valence electrons. The maximum absolute atomic E-state index is 13.3. The molecule has 3 heterocycles. The molecule has 0 spiro atoms. The van der Waals surface area contributed by atoms with E-state index in [4.69, 9.17) is 11.6 Å². The van der Waals surface area contributed by atoms with Crippen LogP contribution in [0.15, 0.2) is 64.9 Å². The summed E-state index contributed by atoms with van der Waals surface area (Å²) in [5.41, 5.74) is 3.92. The molecule has 0 aliphatic carbocycles. The average molecular weight is 558 g/mol. The smallest absolute Gasteiger partial charge is 0.243 e. The number of thiophene rings is 1. The second kappa shape index (κ2) is 11.3. The van der Waals surface area contributed by atoms with Gasteiger partial charge in [0.05, 0.1) is 10.9 Å². The number of hydrogen-bond acceptors (Lipinski definition) is 5. The number of benzene rings is 2. The molecule has 0 bridgehead atoms. The zero-order valence-electron chi connectivity index (χ0n) is 21.0. The molecular formula is C28H32ClN3O3S2. The number of carbonyl (C=O) groups is 1. The van der Waals surface area contributed by atoms with Crippen molar-refractivity contribution in [3.63, 3.8) is 0 Å². The Bertz CT molecular complexity index is 1360. The van der Waals surface area contributed by atoms with Crippen LogP contribution in [0.1, 0.15) is 40.5 Å². The Labute approximate surface area is 228 Å². The van der Waals surface area contributed by atoms with Crippen LogP contribution in [0.25, 0.3) is 0 Å². The first-order chi connectivity index (χ1) is 17.8. The molecule has 2 aliphatic heterocycles. The molecule has 5 rings (SSSR count). The van der Waals surface area contributed by atoms with Gasteiger partial charge in [-0.05, 0) is 72.2 Å². The second-order valence-corrected chi connectivity index (χ2v) is 13.1. The quantitative estimate of drug-likeness (QED) is 0.429. The molecule has 6 nitrogen and oxygen atoms in total. The van der Waals surface area contributed by atoms with Crippen molar-refractivity contribution in [3.05, 3.63) is 86.6 Å². The lowest BCUT2D eigenvalue weighted by Crippen LogP contribution is -2.41. The van der Waals surface area contributed by atoms with Crippen LogP contribution in [0.3, 0.4) is 0 Å². The lowest BCUT2D eigenvalue weighted by molar-refractivity contribution is -0.131. The third-order valence-electron chi connectivity index (χ3n) is 7.42. The van der Waals surface area contributed by atoms with Gasteiger partial charge in [-0.2, -0.15) is 4.31 Å². The number of amides is 1. The Balaban J connectivity index is 1.24. The number of rotatable bonds is 6. The molecule has 37 heavy (non-hydrogen) atoms. The SMILES string of the molecule is Cc1ccccc1[C@@H]1c2ccsc2CCN1CCC(=O)N1CCCN(S(=O)(=O)c2ccc(Cl)cc2)CC1. The van der Waals surface area contributed by atoms with Crippen LogP contribution in [-0.2, 0) is 21.2 Å². The number of hydrogen-bond donors (Lipinski definition) is 0. The molecular weight excluding hydrogens is 526 g/mol. The van der Waals surface area contributed by atoms with Crippen molar-refractivity contribution in [3.8, 4) is 0 Å². The summed E-state index contributed by atoms with van der Waals surface area (Å²) in [4.78, 5) is 19.2. The Morgan fingerprint density at radius 2 is 1.76 bits per heavy atom. The molecule has 1 aromatic heterocycles. The Morgan fingerprint density at radius 3 is 2.54 bits per heavy atom. The van der Waals surface area contributed by atoms with Gasteiger partial charge in [0.2, 0.25) is 15.9 Å². The minimum absolute atomic E-state index is 0.0883. The predicted molar refractivity (Wildman–Crippen MR) is 149 cm³/mol. The van der Waals surface area contributed by atoms with E-state index in [9.17, 15) is 13.2 Å². The first-order valence-electron chi connectivity index (χ1n) is 12.7. The topological polar surface area (TPSA) is 60.9 Å². The van der Waals surface area contributed by atoms with E-state index in [1.807, 2.05) is 16.2 Å². The van der Waals surface area contributed by atoms with Gasteiger partial charge < -0.3 is 4.90 Å². The van der Waals surface area contributed by atoms with Crippen molar-refractivity contribution in [2.75, 3.05) is 39.3 Å². The Morgan fingerprint density at radius 1 is 0.973 bits per heavy atom. The fourth-order valence-electron chi connectivity index (χ4n) is 5.40. The molecule has 2 aliphatic rings. The highest BCUT2D eigenvalue weighted by molar-refractivity contribution is 7.89. The van der Waals surface area contributed by atoms with Crippen LogP contribution in [0.2, 0.25) is 5.02 Å². The first kappa shape index (κ1) is 26.4. The van der Waals surface area contributed by atoms with Gasteiger partial charge in [0, 0.05) is 55.6 Å². The van der Waals surface area contributed by atoms with E-state index in [0.29, 0.717) is 50.6 Å². The molecule has 1 amide bonds. The normalized spacial score (nSPS) is 19.4. The van der Waals surface area contributed by atoms with Crippen molar-refractivity contribution >= 4 is 38.9 Å². The summed E-state index contributed by atoms with van der Waals surface area (Å²) in [7, 11) is -3.62. The summed E-state index contributed by atoms with van der Waals surface area (Å²) in [5.74, 6) is 0.0883. The molecule has 0 radical (unpaired) electrons. The van der Waals surface area contributed by atoms with Crippen LogP contribution < -0.4 is 0 Å². The predicted octanol–water partition coefficient (Wildman–Crippen LogP) is 4.97. The number of fused-ring (bicyclic) bond motifs is 1. The van der Waals surface area contributed by atoms with Gasteiger partial charge in [0.15, 0.2) is 0 Å². The molecule has 2 aromatic carbocycles. The maximum Gasteiger partial charge on any atom is 0.243 e. The van der Waals surface area contributed by atoms with Crippen molar-refractivity contribution in [2.24, 2.45) is 0 Å². The molecule has 0 unspecified atom stereocenters. The van der Waals surface area contributed by atoms with Crippen molar-refractivity contribution in [2.45, 2.75) is 37.1 Å². The second-order valence-electron chi connectivity index (χ2n) is 9.69. The van der Waals surface area contributed by atoms with E-state index in [1.165, 1.54) is 38.0 Å². The lowest BCUT2D eigenvalue weighted by atomic mass is 9.90. The number of halogens is 1. The highest BCUT2D eigenvalue weighted by Gasteiger charge is 2.32. The zero-order chi connectivity index (χ0) is 26.0. The number of carbonyl (C=O) groups excluding carboxylic acids is 1. The summed E-state index contributed by atoms with van der Waals surface area (Å²) in [6.45, 7) is 5.42. The van der Waals surface area contributed by atoms with Gasteiger partial charge >= 0.3 is 0 Å². The molecule has 1 fully saturated rings. The number of sulfonamides is 1. The Kier molecular flexibility index (Phi) is 8.02. The van der Waals surface area contributed by atoms with Gasteiger partial charge in [-0.15, -0.1) is 11.3 Å². The van der Waals surface area contributed by atoms with Gasteiger partial charge in [0.25, 0.3) is 0 Å². The fraction of sp³-hybridized carbons (Fsp3) is 0.393. The monoisotopic (exact) mass is 557 g/mol. The van der Waals surface area contributed by atoms with Gasteiger partial charge in [0.1, 0.15) is 0 Å². The van der Waals surface area contributed by atoms with Gasteiger partial charge in [-0.25, -0.2) is 8.42 Å². The van der Waals surface area contributed by atoms with Crippen LogP contribution in [0.5, 0.6) is 0 Å². The summed E-state index contributed by atoms with van der Waals surface area (Å²) >= 11 is 7.75. The molecule has 1 atom stereocenters. The van der Waals surface area contributed by atoms with Gasteiger partial charge in [-0.3, -0.25) is 9.69 Å². The molecule has 9 heteroatoms. The minimum atomic E-state index is -3.62. The first-order valence-corrected chi connectivity index (χ1v) is 15.4. The summed E-state index contributed by atoms with van der Waals surface area (Å²) in [5, 5.41) is 2.67. The average Bonchev–Trinajstić information content (AvgIpc) is 3.22. The van der Waals surface area contributed by atoms with E-state index in [2.05, 4.69) is 47.5 Å². The van der Waals surface area contributed by atoms with E-state index in [0.717, 1.165) is 13.0 Å². The highest BCUT2D eigenvalue weighted by Crippen LogP contribution is 2.38. The van der Waals surface area contributed by atoms with E-state index in [-0.39, 0.29) is 16.8 Å². The summed E-state index contributed by atoms with van der Waals surface area (Å²) < 4.78 is 27.7. The van der Waals surface area contributed by atoms with Crippen LogP contribution in [0, 0.1) is 6.92 Å². The maximum atomic E-state index is 13.3. The van der Waals surface area contributed by atoms with E-state index in [1.54, 1.807) is 12.1 Å². The molecule has 0 saturated carbocycles. The third kappa shape index (κ3) is 5.64. The van der Waals surface area contributed by atoms with Crippen molar-refractivity contribution in [1.82, 2.24) is 14.1 Å². The van der Waals surface area contributed by atoms with Crippen molar-refractivity contribution in [1.29, 1.82) is 0 Å². The van der Waals surface area contributed by atoms with E-state index >= 15 is 0 Å². The number of nitrogens with zero attached hydrogens (tertiary/aromatic N) is 3. The highest BCUT2D eigenvalue weighted by atomic mass is 35.5. The van der Waals surface area contributed by atoms with Crippen molar-refractivity contribution < 1.29 is 13.2 Å². The molecule has 3 aromatic rings. The van der Waals surface area contributed by atoms with Crippen LogP contribution in [-0.4, -0.2) is 67.7 Å². The third-order valence-corrected chi connectivity index (χ3v) is 10.6. The minimum Gasteiger partial charge on any atom is -0.341 e. The standard InChI is InChI=1S/C28H32ClN3O3S2/c1-21-5-2-3-6-24(21)28-25-13-20-36-26(25)11-16-31(28)17-12-27(33)30-14-4-15-32(19-18-30)37(34,35)23-9-7-22(29)8-10-23/h2-3,5-10,13,20,28H,4,11-12,14-19H2,1H3/t28-/m1/s1. The zero-order valence-corrected chi connectivity index (χ0v) is 23.4. The summed E-state index contributed by atoms with van der Waals surface area (Å²) in [6, 6.07) is 17.2. The van der Waals surface area contributed by atoms with Crippen LogP contribution >= 0.6 is 22.9 Å². The molecule has 1 saturated heterocycles.